The quantitative estimate of drug-likeness (QED) is 0.804. The maximum Gasteiger partial charge on any atom is 0.233 e. The Morgan fingerprint density at radius 3 is 2.84 bits per heavy atom. The Balaban J connectivity index is 1.76. The number of likely N-dealkylation sites (tertiary alicyclic amines) is 1. The fraction of sp³-hybridized carbons (Fsp3) is 0.533. The maximum absolute atomic E-state index is 12.0. The molecule has 2 unspecified atom stereocenters. The highest BCUT2D eigenvalue weighted by Crippen LogP contribution is 2.14. The van der Waals surface area contributed by atoms with E-state index in [4.69, 9.17) is 0 Å². The summed E-state index contributed by atoms with van der Waals surface area (Å²) in [5, 5.41) is 2.75. The van der Waals surface area contributed by atoms with Gasteiger partial charge in [0.15, 0.2) is 0 Å². The van der Waals surface area contributed by atoms with E-state index in [9.17, 15) is 4.79 Å². The predicted molar refractivity (Wildman–Crippen MR) is 81.6 cm³/mol. The number of rotatable bonds is 5. The standard InChI is InChI=1S/C15H22N2OS/c1-17-9-5-8-13(17)11-16-15(18)14(19)10-12-6-3-2-4-7-12/h2-4,6-7,13-14,19H,5,8-11H2,1H3,(H,16,18). The minimum absolute atomic E-state index is 0.0347. The zero-order valence-corrected chi connectivity index (χ0v) is 12.3. The van der Waals surface area contributed by atoms with Crippen LogP contribution in [0.3, 0.4) is 0 Å². The van der Waals surface area contributed by atoms with Crippen molar-refractivity contribution in [2.24, 2.45) is 0 Å². The summed E-state index contributed by atoms with van der Waals surface area (Å²) in [6.07, 6.45) is 3.08. The molecule has 1 heterocycles. The molecule has 1 aliphatic heterocycles. The van der Waals surface area contributed by atoms with Crippen LogP contribution in [0.4, 0.5) is 0 Å². The third-order valence-corrected chi connectivity index (χ3v) is 4.18. The van der Waals surface area contributed by atoms with Gasteiger partial charge in [-0.2, -0.15) is 12.6 Å². The molecule has 1 N–H and O–H groups in total. The zero-order valence-electron chi connectivity index (χ0n) is 11.4. The lowest BCUT2D eigenvalue weighted by Crippen LogP contribution is -2.41. The SMILES string of the molecule is CN1CCCC1CNC(=O)C(S)Cc1ccccc1. The molecule has 1 fully saturated rings. The lowest BCUT2D eigenvalue weighted by molar-refractivity contribution is -0.120. The molecule has 104 valence electrons. The van der Waals surface area contributed by atoms with Crippen LogP contribution in [0.5, 0.6) is 0 Å². The Kier molecular flexibility index (Phi) is 5.28. The largest absolute Gasteiger partial charge is 0.354 e. The fourth-order valence-corrected chi connectivity index (χ4v) is 2.81. The van der Waals surface area contributed by atoms with E-state index < -0.39 is 0 Å². The summed E-state index contributed by atoms with van der Waals surface area (Å²) in [4.78, 5) is 14.3. The molecule has 0 spiro atoms. The van der Waals surface area contributed by atoms with Crippen LogP contribution < -0.4 is 5.32 Å². The van der Waals surface area contributed by atoms with Crippen LogP contribution in [0.2, 0.25) is 0 Å². The van der Waals surface area contributed by atoms with Crippen molar-refractivity contribution in [3.8, 4) is 0 Å². The van der Waals surface area contributed by atoms with Crippen molar-refractivity contribution >= 4 is 18.5 Å². The molecule has 2 atom stereocenters. The van der Waals surface area contributed by atoms with Crippen molar-refractivity contribution < 1.29 is 4.79 Å². The Morgan fingerprint density at radius 2 is 2.21 bits per heavy atom. The van der Waals surface area contributed by atoms with Gasteiger partial charge in [0.2, 0.25) is 5.91 Å². The highest BCUT2D eigenvalue weighted by Gasteiger charge is 2.22. The van der Waals surface area contributed by atoms with E-state index in [-0.39, 0.29) is 11.2 Å². The number of nitrogens with zero attached hydrogens (tertiary/aromatic N) is 1. The van der Waals surface area contributed by atoms with E-state index in [2.05, 4.69) is 29.9 Å². The third-order valence-electron chi connectivity index (χ3n) is 3.76. The predicted octanol–water partition coefficient (Wildman–Crippen LogP) is 1.74. The molecule has 0 aliphatic carbocycles. The van der Waals surface area contributed by atoms with Gasteiger partial charge in [-0.3, -0.25) is 4.79 Å². The normalized spacial score (nSPS) is 21.3. The van der Waals surface area contributed by atoms with Crippen molar-refractivity contribution in [3.63, 3.8) is 0 Å². The van der Waals surface area contributed by atoms with Gasteiger partial charge in [-0.25, -0.2) is 0 Å². The van der Waals surface area contributed by atoms with Crippen LogP contribution in [0.1, 0.15) is 18.4 Å². The van der Waals surface area contributed by atoms with Crippen molar-refractivity contribution in [1.29, 1.82) is 0 Å². The van der Waals surface area contributed by atoms with E-state index >= 15 is 0 Å². The number of amides is 1. The lowest BCUT2D eigenvalue weighted by atomic mass is 10.1. The fourth-order valence-electron chi connectivity index (χ4n) is 2.50. The first-order valence-corrected chi connectivity index (χ1v) is 7.38. The average molecular weight is 278 g/mol. The molecular weight excluding hydrogens is 256 g/mol. The number of likely N-dealkylation sites (N-methyl/N-ethyl adjacent to an activating group) is 1. The number of carbonyl (C=O) groups is 1. The highest BCUT2D eigenvalue weighted by atomic mass is 32.1. The Bertz CT molecular complexity index is 410. The monoisotopic (exact) mass is 278 g/mol. The number of carbonyl (C=O) groups excluding carboxylic acids is 1. The van der Waals surface area contributed by atoms with Gasteiger partial charge in [-0.15, -0.1) is 0 Å². The smallest absolute Gasteiger partial charge is 0.233 e. The second-order valence-corrected chi connectivity index (χ2v) is 5.85. The van der Waals surface area contributed by atoms with Crippen molar-refractivity contribution in [1.82, 2.24) is 10.2 Å². The van der Waals surface area contributed by atoms with E-state index in [0.717, 1.165) is 18.7 Å². The molecule has 1 aromatic rings. The summed E-state index contributed by atoms with van der Waals surface area (Å²) in [6, 6.07) is 10.5. The molecule has 1 amide bonds. The van der Waals surface area contributed by atoms with E-state index in [0.29, 0.717) is 12.5 Å². The van der Waals surface area contributed by atoms with Gasteiger partial charge in [0.25, 0.3) is 0 Å². The summed E-state index contributed by atoms with van der Waals surface area (Å²) in [7, 11) is 2.12. The molecule has 3 nitrogen and oxygen atoms in total. The van der Waals surface area contributed by atoms with Gasteiger partial charge in [-0.1, -0.05) is 30.3 Å². The minimum Gasteiger partial charge on any atom is -0.354 e. The van der Waals surface area contributed by atoms with E-state index in [1.807, 2.05) is 30.3 Å². The van der Waals surface area contributed by atoms with Crippen LogP contribution in [-0.4, -0.2) is 42.2 Å². The maximum atomic E-state index is 12.0. The number of thiol groups is 1. The van der Waals surface area contributed by atoms with Gasteiger partial charge in [0.05, 0.1) is 5.25 Å². The van der Waals surface area contributed by atoms with E-state index in [1.165, 1.54) is 12.8 Å². The lowest BCUT2D eigenvalue weighted by Gasteiger charge is -2.20. The molecule has 1 aliphatic rings. The molecule has 0 aromatic heterocycles. The second-order valence-electron chi connectivity index (χ2n) is 5.23. The molecule has 0 radical (unpaired) electrons. The number of benzene rings is 1. The molecule has 1 aromatic carbocycles. The topological polar surface area (TPSA) is 32.3 Å². The van der Waals surface area contributed by atoms with Gasteiger partial charge in [-0.05, 0) is 38.4 Å². The number of nitrogens with one attached hydrogen (secondary N) is 1. The van der Waals surface area contributed by atoms with Gasteiger partial charge < -0.3 is 10.2 Å². The van der Waals surface area contributed by atoms with Crippen LogP contribution in [0.15, 0.2) is 30.3 Å². The molecule has 0 bridgehead atoms. The summed E-state index contributed by atoms with van der Waals surface area (Å²) >= 11 is 4.41. The van der Waals surface area contributed by atoms with E-state index in [1.54, 1.807) is 0 Å². The third kappa shape index (κ3) is 4.25. The van der Waals surface area contributed by atoms with Crippen molar-refractivity contribution in [2.45, 2.75) is 30.6 Å². The molecule has 1 saturated heterocycles. The van der Waals surface area contributed by atoms with Crippen LogP contribution in [-0.2, 0) is 11.2 Å². The van der Waals surface area contributed by atoms with Crippen LogP contribution in [0, 0.1) is 0 Å². The number of hydrogen-bond acceptors (Lipinski definition) is 3. The Labute approximate surface area is 120 Å². The van der Waals surface area contributed by atoms with Gasteiger partial charge >= 0.3 is 0 Å². The van der Waals surface area contributed by atoms with Gasteiger partial charge in [0, 0.05) is 12.6 Å². The minimum atomic E-state index is -0.269. The molecule has 0 saturated carbocycles. The second kappa shape index (κ2) is 6.96. The van der Waals surface area contributed by atoms with Gasteiger partial charge in [0.1, 0.15) is 0 Å². The first-order chi connectivity index (χ1) is 9.16. The number of hydrogen-bond donors (Lipinski definition) is 2. The first-order valence-electron chi connectivity index (χ1n) is 6.87. The first kappa shape index (κ1) is 14.4. The van der Waals surface area contributed by atoms with Crippen LogP contribution >= 0.6 is 12.6 Å². The molecular formula is C15H22N2OS. The summed E-state index contributed by atoms with van der Waals surface area (Å²) in [5.41, 5.74) is 1.15. The van der Waals surface area contributed by atoms with Crippen molar-refractivity contribution in [3.05, 3.63) is 35.9 Å². The zero-order chi connectivity index (χ0) is 13.7. The Morgan fingerprint density at radius 1 is 1.47 bits per heavy atom. The summed E-state index contributed by atoms with van der Waals surface area (Å²) < 4.78 is 0. The highest BCUT2D eigenvalue weighted by molar-refractivity contribution is 7.81. The Hall–Kier alpha value is -1.00. The van der Waals surface area contributed by atoms with Crippen LogP contribution in [0.25, 0.3) is 0 Å². The van der Waals surface area contributed by atoms with Crippen molar-refractivity contribution in [2.75, 3.05) is 20.1 Å². The summed E-state index contributed by atoms with van der Waals surface area (Å²) in [5.74, 6) is 0.0347. The average Bonchev–Trinajstić information content (AvgIpc) is 2.82. The molecule has 2 rings (SSSR count). The summed E-state index contributed by atoms with van der Waals surface area (Å²) in [6.45, 7) is 1.87. The molecule has 4 heteroatoms. The molecule has 19 heavy (non-hydrogen) atoms.